The predicted octanol–water partition coefficient (Wildman–Crippen LogP) is 2.59. The summed E-state index contributed by atoms with van der Waals surface area (Å²) in [5, 5.41) is 2.91. The highest BCUT2D eigenvalue weighted by Gasteiger charge is 2.27. The maximum Gasteiger partial charge on any atom is 0.225 e. The van der Waals surface area contributed by atoms with Crippen LogP contribution in [0.5, 0.6) is 0 Å². The van der Waals surface area contributed by atoms with Gasteiger partial charge in [-0.05, 0) is 42.5 Å². The SMILES string of the molecule is O=C(CCN1CCN([C@@H]2CCc3ccccc3C2)CC1)Nc1cccnc1. The summed E-state index contributed by atoms with van der Waals surface area (Å²) < 4.78 is 0. The summed E-state index contributed by atoms with van der Waals surface area (Å²) >= 11 is 0. The highest BCUT2D eigenvalue weighted by Crippen LogP contribution is 2.25. The molecule has 1 amide bonds. The fourth-order valence-electron chi connectivity index (χ4n) is 4.26. The van der Waals surface area contributed by atoms with E-state index in [1.165, 1.54) is 30.4 Å². The van der Waals surface area contributed by atoms with Gasteiger partial charge in [-0.1, -0.05) is 24.3 Å². The number of carbonyl (C=O) groups is 1. The molecule has 0 radical (unpaired) electrons. The van der Waals surface area contributed by atoms with Crippen LogP contribution in [0.1, 0.15) is 24.0 Å². The average Bonchev–Trinajstić information content (AvgIpc) is 2.73. The molecular formula is C22H28N4O. The molecule has 27 heavy (non-hydrogen) atoms. The first-order valence-corrected chi connectivity index (χ1v) is 10.0. The molecule has 0 unspecified atom stereocenters. The van der Waals surface area contributed by atoms with E-state index in [0.29, 0.717) is 12.5 Å². The van der Waals surface area contributed by atoms with Crippen LogP contribution in [0.25, 0.3) is 0 Å². The van der Waals surface area contributed by atoms with E-state index in [1.54, 1.807) is 12.4 Å². The normalized spacial score (nSPS) is 20.8. The molecule has 1 fully saturated rings. The van der Waals surface area contributed by atoms with Crippen LogP contribution in [-0.2, 0) is 17.6 Å². The maximum absolute atomic E-state index is 12.1. The molecule has 142 valence electrons. The average molecular weight is 364 g/mol. The number of fused-ring (bicyclic) bond motifs is 1. The van der Waals surface area contributed by atoms with E-state index in [4.69, 9.17) is 0 Å². The van der Waals surface area contributed by atoms with Crippen LogP contribution in [0, 0.1) is 0 Å². The number of hydrogen-bond donors (Lipinski definition) is 1. The van der Waals surface area contributed by atoms with Gasteiger partial charge in [-0.25, -0.2) is 0 Å². The van der Waals surface area contributed by atoms with Crippen molar-refractivity contribution in [3.8, 4) is 0 Å². The van der Waals surface area contributed by atoms with Gasteiger partial charge in [0.2, 0.25) is 5.91 Å². The Morgan fingerprint density at radius 2 is 1.89 bits per heavy atom. The number of nitrogens with zero attached hydrogens (tertiary/aromatic N) is 3. The van der Waals surface area contributed by atoms with Crippen molar-refractivity contribution in [1.29, 1.82) is 0 Å². The van der Waals surface area contributed by atoms with Gasteiger partial charge < -0.3 is 10.2 Å². The fourth-order valence-corrected chi connectivity index (χ4v) is 4.26. The van der Waals surface area contributed by atoms with Gasteiger partial charge in [0.25, 0.3) is 0 Å². The maximum atomic E-state index is 12.1. The summed E-state index contributed by atoms with van der Waals surface area (Å²) in [6.45, 7) is 5.15. The smallest absolute Gasteiger partial charge is 0.225 e. The molecule has 1 aromatic carbocycles. The minimum Gasteiger partial charge on any atom is -0.325 e. The Labute approximate surface area is 161 Å². The number of carbonyl (C=O) groups excluding carboxylic acids is 1. The van der Waals surface area contributed by atoms with Crippen molar-refractivity contribution in [3.05, 3.63) is 59.9 Å². The monoisotopic (exact) mass is 364 g/mol. The Hall–Kier alpha value is -2.24. The first-order chi connectivity index (χ1) is 13.3. The van der Waals surface area contributed by atoms with Gasteiger partial charge in [0.05, 0.1) is 11.9 Å². The molecule has 1 aromatic heterocycles. The van der Waals surface area contributed by atoms with E-state index < -0.39 is 0 Å². The van der Waals surface area contributed by atoms with E-state index in [-0.39, 0.29) is 5.91 Å². The van der Waals surface area contributed by atoms with Crippen molar-refractivity contribution in [2.24, 2.45) is 0 Å². The Kier molecular flexibility index (Phi) is 5.80. The van der Waals surface area contributed by atoms with E-state index in [1.807, 2.05) is 12.1 Å². The highest BCUT2D eigenvalue weighted by atomic mass is 16.1. The number of nitrogens with one attached hydrogen (secondary N) is 1. The topological polar surface area (TPSA) is 48.5 Å². The zero-order chi connectivity index (χ0) is 18.5. The number of amides is 1. The van der Waals surface area contributed by atoms with Crippen LogP contribution in [0.15, 0.2) is 48.8 Å². The van der Waals surface area contributed by atoms with Gasteiger partial charge in [0, 0.05) is 51.4 Å². The third-order valence-electron chi connectivity index (χ3n) is 5.84. The van der Waals surface area contributed by atoms with E-state index >= 15 is 0 Å². The number of hydrogen-bond acceptors (Lipinski definition) is 4. The molecule has 1 N–H and O–H groups in total. The summed E-state index contributed by atoms with van der Waals surface area (Å²) in [6.07, 6.45) is 7.58. The summed E-state index contributed by atoms with van der Waals surface area (Å²) in [7, 11) is 0. The number of benzene rings is 1. The van der Waals surface area contributed by atoms with Crippen molar-refractivity contribution in [2.45, 2.75) is 31.7 Å². The molecule has 1 atom stereocenters. The van der Waals surface area contributed by atoms with Crippen LogP contribution in [0.3, 0.4) is 0 Å². The van der Waals surface area contributed by atoms with E-state index in [0.717, 1.165) is 38.4 Å². The van der Waals surface area contributed by atoms with E-state index in [9.17, 15) is 4.79 Å². The molecule has 0 bridgehead atoms. The van der Waals surface area contributed by atoms with Crippen molar-refractivity contribution >= 4 is 11.6 Å². The molecule has 1 aliphatic carbocycles. The highest BCUT2D eigenvalue weighted by molar-refractivity contribution is 5.90. The number of anilines is 1. The van der Waals surface area contributed by atoms with Gasteiger partial charge in [-0.15, -0.1) is 0 Å². The molecule has 4 rings (SSSR count). The van der Waals surface area contributed by atoms with Gasteiger partial charge in [0.15, 0.2) is 0 Å². The first-order valence-electron chi connectivity index (χ1n) is 10.0. The second-order valence-corrected chi connectivity index (χ2v) is 7.58. The van der Waals surface area contributed by atoms with Gasteiger partial charge in [0.1, 0.15) is 0 Å². The first kappa shape index (κ1) is 18.1. The molecule has 2 aliphatic rings. The molecule has 0 spiro atoms. The molecule has 5 heteroatoms. The number of rotatable bonds is 5. The number of aryl methyl sites for hydroxylation is 1. The lowest BCUT2D eigenvalue weighted by Gasteiger charge is -2.41. The summed E-state index contributed by atoms with van der Waals surface area (Å²) in [5.74, 6) is 0.0642. The minimum atomic E-state index is 0.0642. The molecule has 2 heterocycles. The molecule has 0 saturated carbocycles. The lowest BCUT2D eigenvalue weighted by Crippen LogP contribution is -2.52. The summed E-state index contributed by atoms with van der Waals surface area (Å²) in [6, 6.07) is 13.3. The third-order valence-corrected chi connectivity index (χ3v) is 5.84. The van der Waals surface area contributed by atoms with Crippen LogP contribution >= 0.6 is 0 Å². The third kappa shape index (κ3) is 4.73. The second-order valence-electron chi connectivity index (χ2n) is 7.58. The van der Waals surface area contributed by atoms with Crippen molar-refractivity contribution in [1.82, 2.24) is 14.8 Å². The predicted molar refractivity (Wildman–Crippen MR) is 108 cm³/mol. The number of piperazine rings is 1. The lowest BCUT2D eigenvalue weighted by atomic mass is 9.87. The Morgan fingerprint density at radius 1 is 1.07 bits per heavy atom. The second kappa shape index (κ2) is 8.63. The molecule has 1 saturated heterocycles. The largest absolute Gasteiger partial charge is 0.325 e. The number of aromatic nitrogens is 1. The lowest BCUT2D eigenvalue weighted by molar-refractivity contribution is -0.116. The van der Waals surface area contributed by atoms with Crippen LogP contribution in [0.2, 0.25) is 0 Å². The molecule has 1 aliphatic heterocycles. The fraction of sp³-hybridized carbons (Fsp3) is 0.455. The summed E-state index contributed by atoms with van der Waals surface area (Å²) in [5.41, 5.74) is 3.83. The summed E-state index contributed by atoms with van der Waals surface area (Å²) in [4.78, 5) is 21.2. The zero-order valence-corrected chi connectivity index (χ0v) is 15.8. The molecular weight excluding hydrogens is 336 g/mol. The van der Waals surface area contributed by atoms with Crippen molar-refractivity contribution in [3.63, 3.8) is 0 Å². The standard InChI is InChI=1S/C22H28N4O/c27-22(24-20-6-3-10-23-17-20)9-11-25-12-14-26(15-13-25)21-8-7-18-4-1-2-5-19(18)16-21/h1-6,10,17,21H,7-9,11-16H2,(H,24,27)/t21-/m1/s1. The minimum absolute atomic E-state index is 0.0642. The molecule has 5 nitrogen and oxygen atoms in total. The van der Waals surface area contributed by atoms with Gasteiger partial charge >= 0.3 is 0 Å². The van der Waals surface area contributed by atoms with Gasteiger partial charge in [-0.3, -0.25) is 14.7 Å². The van der Waals surface area contributed by atoms with Crippen molar-refractivity contribution < 1.29 is 4.79 Å². The number of pyridine rings is 1. The Morgan fingerprint density at radius 3 is 2.67 bits per heavy atom. The molecule has 2 aromatic rings. The zero-order valence-electron chi connectivity index (χ0n) is 15.8. The van der Waals surface area contributed by atoms with Crippen molar-refractivity contribution in [2.75, 3.05) is 38.0 Å². The van der Waals surface area contributed by atoms with Crippen LogP contribution in [0.4, 0.5) is 5.69 Å². The Bertz CT molecular complexity index is 756. The van der Waals surface area contributed by atoms with Gasteiger partial charge in [-0.2, -0.15) is 0 Å². The Balaban J connectivity index is 1.20. The van der Waals surface area contributed by atoms with Crippen LogP contribution < -0.4 is 5.32 Å². The van der Waals surface area contributed by atoms with Crippen LogP contribution in [-0.4, -0.2) is 59.5 Å². The quantitative estimate of drug-likeness (QED) is 0.886. The van der Waals surface area contributed by atoms with E-state index in [2.05, 4.69) is 44.4 Å².